The first-order valence-corrected chi connectivity index (χ1v) is 6.81. The normalized spacial score (nSPS) is 10.6. The highest BCUT2D eigenvalue weighted by atomic mass is 16.2. The molecule has 1 amide bonds. The van der Waals surface area contributed by atoms with Crippen LogP contribution in [0.1, 0.15) is 50.0 Å². The van der Waals surface area contributed by atoms with Crippen LogP contribution in [0, 0.1) is 0 Å². The standard InChI is InChI=1S/C14H25N3O/c1-4-6-7-9-16(3)14(18)13-10-12(15)11-17(13)8-5-2/h10-11H,4-9,15H2,1-3H3. The number of nitrogens with two attached hydrogens (primary N) is 1. The highest BCUT2D eigenvalue weighted by Gasteiger charge is 2.16. The highest BCUT2D eigenvalue weighted by molar-refractivity contribution is 5.93. The van der Waals surface area contributed by atoms with Crippen molar-refractivity contribution < 1.29 is 4.79 Å². The molecule has 4 heteroatoms. The van der Waals surface area contributed by atoms with Crippen LogP contribution in [-0.4, -0.2) is 29.0 Å². The minimum absolute atomic E-state index is 0.0660. The molecule has 0 saturated carbocycles. The molecule has 1 aromatic heterocycles. The van der Waals surface area contributed by atoms with Crippen molar-refractivity contribution in [2.45, 2.75) is 46.1 Å². The number of hydrogen-bond donors (Lipinski definition) is 1. The number of hydrogen-bond acceptors (Lipinski definition) is 2. The number of carbonyl (C=O) groups excluding carboxylic acids is 1. The van der Waals surface area contributed by atoms with Gasteiger partial charge in [0.05, 0.1) is 5.69 Å². The molecule has 1 rings (SSSR count). The molecule has 0 spiro atoms. The van der Waals surface area contributed by atoms with E-state index in [0.717, 1.165) is 32.4 Å². The summed E-state index contributed by atoms with van der Waals surface area (Å²) in [5.41, 5.74) is 7.14. The Kier molecular flexibility index (Phi) is 5.75. The lowest BCUT2D eigenvalue weighted by Gasteiger charge is -2.18. The van der Waals surface area contributed by atoms with Crippen molar-refractivity contribution in [1.82, 2.24) is 9.47 Å². The SMILES string of the molecule is CCCCCN(C)C(=O)c1cc(N)cn1CCC. The lowest BCUT2D eigenvalue weighted by atomic mass is 10.2. The van der Waals surface area contributed by atoms with E-state index in [0.29, 0.717) is 11.4 Å². The van der Waals surface area contributed by atoms with Crippen molar-refractivity contribution >= 4 is 11.6 Å². The van der Waals surface area contributed by atoms with E-state index in [1.165, 1.54) is 6.42 Å². The van der Waals surface area contributed by atoms with Gasteiger partial charge in [-0.25, -0.2) is 0 Å². The minimum atomic E-state index is 0.0660. The molecule has 0 fully saturated rings. The van der Waals surface area contributed by atoms with Gasteiger partial charge in [0.2, 0.25) is 0 Å². The lowest BCUT2D eigenvalue weighted by Crippen LogP contribution is -2.29. The van der Waals surface area contributed by atoms with Crippen LogP contribution in [0.15, 0.2) is 12.3 Å². The molecule has 0 aliphatic rings. The maximum atomic E-state index is 12.3. The van der Waals surface area contributed by atoms with E-state index in [4.69, 9.17) is 5.73 Å². The van der Waals surface area contributed by atoms with Crippen molar-refractivity contribution in [3.8, 4) is 0 Å². The highest BCUT2D eigenvalue weighted by Crippen LogP contribution is 2.13. The predicted octanol–water partition coefficient (Wildman–Crippen LogP) is 2.74. The van der Waals surface area contributed by atoms with Crippen molar-refractivity contribution in [2.75, 3.05) is 19.3 Å². The van der Waals surface area contributed by atoms with Gasteiger partial charge in [-0.15, -0.1) is 0 Å². The van der Waals surface area contributed by atoms with Crippen LogP contribution in [0.3, 0.4) is 0 Å². The van der Waals surface area contributed by atoms with Crippen LogP contribution in [0.2, 0.25) is 0 Å². The molecule has 0 radical (unpaired) electrons. The van der Waals surface area contributed by atoms with Gasteiger partial charge in [-0.3, -0.25) is 4.79 Å². The van der Waals surface area contributed by atoms with Gasteiger partial charge in [-0.2, -0.15) is 0 Å². The van der Waals surface area contributed by atoms with Gasteiger partial charge < -0.3 is 15.2 Å². The summed E-state index contributed by atoms with van der Waals surface area (Å²) in [4.78, 5) is 14.1. The van der Waals surface area contributed by atoms with E-state index < -0.39 is 0 Å². The number of aryl methyl sites for hydroxylation is 1. The molecule has 4 nitrogen and oxygen atoms in total. The third-order valence-electron chi connectivity index (χ3n) is 3.05. The van der Waals surface area contributed by atoms with Gasteiger partial charge in [0.1, 0.15) is 5.69 Å². The molecule has 0 aliphatic heterocycles. The number of aromatic nitrogens is 1. The molecule has 0 atom stereocenters. The number of unbranched alkanes of at least 4 members (excludes halogenated alkanes) is 2. The maximum Gasteiger partial charge on any atom is 0.270 e. The molecule has 102 valence electrons. The fraction of sp³-hybridized carbons (Fsp3) is 0.643. The summed E-state index contributed by atoms with van der Waals surface area (Å²) in [5.74, 6) is 0.0660. The smallest absolute Gasteiger partial charge is 0.270 e. The van der Waals surface area contributed by atoms with Gasteiger partial charge in [-0.05, 0) is 18.9 Å². The first-order chi connectivity index (χ1) is 8.60. The van der Waals surface area contributed by atoms with Gasteiger partial charge in [0.15, 0.2) is 0 Å². The molecule has 0 aliphatic carbocycles. The Balaban J connectivity index is 2.70. The molecule has 18 heavy (non-hydrogen) atoms. The molecular formula is C14H25N3O. The summed E-state index contributed by atoms with van der Waals surface area (Å²) >= 11 is 0. The van der Waals surface area contributed by atoms with Crippen molar-refractivity contribution in [1.29, 1.82) is 0 Å². The monoisotopic (exact) mass is 251 g/mol. The summed E-state index contributed by atoms with van der Waals surface area (Å²) in [6, 6.07) is 1.77. The molecule has 0 unspecified atom stereocenters. The predicted molar refractivity (Wildman–Crippen MR) is 75.6 cm³/mol. The number of carbonyl (C=O) groups is 1. The number of amides is 1. The zero-order valence-corrected chi connectivity index (χ0v) is 11.8. The van der Waals surface area contributed by atoms with Crippen LogP contribution in [0.5, 0.6) is 0 Å². The second kappa shape index (κ2) is 7.09. The Labute approximate surface area is 110 Å². The summed E-state index contributed by atoms with van der Waals surface area (Å²) in [5, 5.41) is 0. The summed E-state index contributed by atoms with van der Waals surface area (Å²) in [6.07, 6.45) is 6.23. The van der Waals surface area contributed by atoms with Gasteiger partial charge in [0.25, 0.3) is 5.91 Å². The zero-order valence-electron chi connectivity index (χ0n) is 11.8. The van der Waals surface area contributed by atoms with Crippen LogP contribution >= 0.6 is 0 Å². The van der Waals surface area contributed by atoms with Crippen LogP contribution in [0.25, 0.3) is 0 Å². The average molecular weight is 251 g/mol. The largest absolute Gasteiger partial charge is 0.397 e. The van der Waals surface area contributed by atoms with E-state index >= 15 is 0 Å². The Hall–Kier alpha value is -1.45. The number of nitrogen functional groups attached to an aromatic ring is 1. The van der Waals surface area contributed by atoms with Crippen LogP contribution < -0.4 is 5.73 Å². The Morgan fingerprint density at radius 1 is 1.33 bits per heavy atom. The van der Waals surface area contributed by atoms with E-state index in [-0.39, 0.29) is 5.91 Å². The Morgan fingerprint density at radius 2 is 2.06 bits per heavy atom. The molecule has 0 saturated heterocycles. The fourth-order valence-corrected chi connectivity index (χ4v) is 2.03. The Bertz CT molecular complexity index is 384. The molecule has 1 aromatic rings. The molecule has 1 heterocycles. The molecule has 0 bridgehead atoms. The lowest BCUT2D eigenvalue weighted by molar-refractivity contribution is 0.0782. The van der Waals surface area contributed by atoms with Crippen molar-refractivity contribution in [2.24, 2.45) is 0 Å². The topological polar surface area (TPSA) is 51.3 Å². The summed E-state index contributed by atoms with van der Waals surface area (Å²) in [7, 11) is 1.86. The first kappa shape index (κ1) is 14.6. The second-order valence-electron chi connectivity index (χ2n) is 4.79. The third kappa shape index (κ3) is 3.79. The van der Waals surface area contributed by atoms with Gasteiger partial charge >= 0.3 is 0 Å². The van der Waals surface area contributed by atoms with E-state index in [1.54, 1.807) is 11.0 Å². The van der Waals surface area contributed by atoms with Gasteiger partial charge in [-0.1, -0.05) is 26.7 Å². The second-order valence-corrected chi connectivity index (χ2v) is 4.79. The third-order valence-corrected chi connectivity index (χ3v) is 3.05. The molecule has 2 N–H and O–H groups in total. The molecule has 0 aromatic carbocycles. The average Bonchev–Trinajstić information content (AvgIpc) is 2.70. The number of anilines is 1. The van der Waals surface area contributed by atoms with Gasteiger partial charge in [0, 0.05) is 26.3 Å². The summed E-state index contributed by atoms with van der Waals surface area (Å²) < 4.78 is 1.95. The zero-order chi connectivity index (χ0) is 13.5. The van der Waals surface area contributed by atoms with E-state index in [1.807, 2.05) is 17.8 Å². The maximum absolute atomic E-state index is 12.3. The minimum Gasteiger partial charge on any atom is -0.397 e. The van der Waals surface area contributed by atoms with Crippen LogP contribution in [-0.2, 0) is 6.54 Å². The van der Waals surface area contributed by atoms with E-state index in [2.05, 4.69) is 13.8 Å². The number of rotatable bonds is 7. The summed E-state index contributed by atoms with van der Waals surface area (Å²) in [6.45, 7) is 5.90. The van der Waals surface area contributed by atoms with Crippen molar-refractivity contribution in [3.05, 3.63) is 18.0 Å². The van der Waals surface area contributed by atoms with Crippen molar-refractivity contribution in [3.63, 3.8) is 0 Å². The Morgan fingerprint density at radius 3 is 2.67 bits per heavy atom. The van der Waals surface area contributed by atoms with Crippen LogP contribution in [0.4, 0.5) is 5.69 Å². The number of nitrogens with zero attached hydrogens (tertiary/aromatic N) is 2. The first-order valence-electron chi connectivity index (χ1n) is 6.81. The fourth-order valence-electron chi connectivity index (χ4n) is 2.03. The van der Waals surface area contributed by atoms with E-state index in [9.17, 15) is 4.79 Å². The molecular weight excluding hydrogens is 226 g/mol. The quantitative estimate of drug-likeness (QED) is 0.758.